The molecule has 2 aromatic rings. The van der Waals surface area contributed by atoms with E-state index >= 15 is 0 Å². The molecule has 3 heterocycles. The number of aryl methyl sites for hydroxylation is 2. The number of esters is 1. The minimum atomic E-state index is -4.54. The van der Waals surface area contributed by atoms with Crippen LogP contribution in [0.5, 0.6) is 0 Å². The highest BCUT2D eigenvalue weighted by Gasteiger charge is 2.36. The van der Waals surface area contributed by atoms with Gasteiger partial charge in [0, 0.05) is 13.5 Å². The smallest absolute Gasteiger partial charge is 0.433 e. The molecule has 0 radical (unpaired) electrons. The molecule has 8 nitrogen and oxygen atoms in total. The van der Waals surface area contributed by atoms with Crippen molar-refractivity contribution in [1.29, 1.82) is 0 Å². The molecule has 1 atom stereocenters. The average Bonchev–Trinajstić information content (AvgIpc) is 3.06. The first-order valence-corrected chi connectivity index (χ1v) is 8.88. The maximum Gasteiger partial charge on any atom is 0.433 e. The summed E-state index contributed by atoms with van der Waals surface area (Å²) in [5.74, 6) is -0.105. The highest BCUT2D eigenvalue weighted by molar-refractivity contribution is 5.74. The van der Waals surface area contributed by atoms with Gasteiger partial charge in [-0.3, -0.25) is 9.25 Å². The Morgan fingerprint density at radius 2 is 1.96 bits per heavy atom. The number of hydrogen-bond donors (Lipinski definition) is 0. The Morgan fingerprint density at radius 1 is 1.29 bits per heavy atom. The van der Waals surface area contributed by atoms with E-state index in [1.165, 1.54) is 11.6 Å². The number of fused-ring (bicyclic) bond motifs is 1. The highest BCUT2D eigenvalue weighted by Crippen LogP contribution is 2.29. The second-order valence-electron chi connectivity index (χ2n) is 7.81. The lowest BCUT2D eigenvalue weighted by Gasteiger charge is -2.26. The summed E-state index contributed by atoms with van der Waals surface area (Å²) in [4.78, 5) is 25.3. The normalized spacial score (nSPS) is 17.5. The van der Waals surface area contributed by atoms with Crippen molar-refractivity contribution in [3.8, 4) is 0 Å². The molecular weight excluding hydrogens is 379 g/mol. The van der Waals surface area contributed by atoms with Crippen LogP contribution in [0.25, 0.3) is 0 Å². The minimum Gasteiger partial charge on any atom is -0.458 e. The van der Waals surface area contributed by atoms with Crippen LogP contribution < -0.4 is 5.69 Å². The molecule has 3 rings (SSSR count). The summed E-state index contributed by atoms with van der Waals surface area (Å²) in [5, 5.41) is 8.02. The molecular formula is C17H22F3N5O3. The molecule has 0 unspecified atom stereocenters. The van der Waals surface area contributed by atoms with Crippen LogP contribution in [-0.2, 0) is 35.7 Å². The molecule has 154 valence electrons. The van der Waals surface area contributed by atoms with Gasteiger partial charge in [-0.05, 0) is 39.7 Å². The van der Waals surface area contributed by atoms with Crippen LogP contribution in [0.15, 0.2) is 10.9 Å². The largest absolute Gasteiger partial charge is 0.458 e. The van der Waals surface area contributed by atoms with E-state index in [9.17, 15) is 22.8 Å². The molecule has 11 heteroatoms. The molecule has 1 aliphatic rings. The molecule has 0 aliphatic carbocycles. The molecule has 0 amide bonds. The van der Waals surface area contributed by atoms with Gasteiger partial charge in [-0.1, -0.05) is 0 Å². The van der Waals surface area contributed by atoms with Crippen LogP contribution in [0.2, 0.25) is 0 Å². The first-order valence-electron chi connectivity index (χ1n) is 8.88. The van der Waals surface area contributed by atoms with E-state index in [1.54, 1.807) is 20.8 Å². The van der Waals surface area contributed by atoms with E-state index < -0.39 is 35.2 Å². The van der Waals surface area contributed by atoms with Gasteiger partial charge in [-0.15, -0.1) is 0 Å². The molecule has 1 aliphatic heterocycles. The molecule has 0 N–H and O–H groups in total. The van der Waals surface area contributed by atoms with Gasteiger partial charge in [0.05, 0.1) is 12.2 Å². The lowest BCUT2D eigenvalue weighted by Crippen LogP contribution is -2.38. The zero-order valence-corrected chi connectivity index (χ0v) is 16.1. The fourth-order valence-electron chi connectivity index (χ4n) is 3.25. The number of nitrogens with zero attached hydrogens (tertiary/aromatic N) is 5. The van der Waals surface area contributed by atoms with Crippen molar-refractivity contribution in [2.75, 3.05) is 0 Å². The molecule has 0 fully saturated rings. The molecule has 0 saturated carbocycles. The topological polar surface area (TPSA) is 83.9 Å². The van der Waals surface area contributed by atoms with E-state index in [0.29, 0.717) is 25.1 Å². The second kappa shape index (κ2) is 6.78. The number of ether oxygens (including phenoxy) is 1. The first kappa shape index (κ1) is 20.2. The van der Waals surface area contributed by atoms with E-state index in [0.717, 1.165) is 15.4 Å². The van der Waals surface area contributed by atoms with E-state index in [2.05, 4.69) is 10.2 Å². The Kier molecular flexibility index (Phi) is 4.88. The Balaban J connectivity index is 1.91. The Morgan fingerprint density at radius 3 is 2.54 bits per heavy atom. The number of rotatable bonds is 3. The van der Waals surface area contributed by atoms with Gasteiger partial charge in [0.2, 0.25) is 0 Å². The Bertz CT molecular complexity index is 949. The van der Waals surface area contributed by atoms with Gasteiger partial charge in [0.1, 0.15) is 23.2 Å². The van der Waals surface area contributed by atoms with Crippen molar-refractivity contribution in [2.45, 2.75) is 64.4 Å². The minimum absolute atomic E-state index is 0.0567. The molecule has 0 spiro atoms. The van der Waals surface area contributed by atoms with Gasteiger partial charge >= 0.3 is 17.8 Å². The lowest BCUT2D eigenvalue weighted by molar-refractivity contribution is -0.159. The van der Waals surface area contributed by atoms with Crippen LogP contribution in [-0.4, -0.2) is 35.7 Å². The highest BCUT2D eigenvalue weighted by atomic mass is 19.4. The van der Waals surface area contributed by atoms with Gasteiger partial charge < -0.3 is 4.74 Å². The predicted molar refractivity (Wildman–Crippen MR) is 91.6 cm³/mol. The predicted octanol–water partition coefficient (Wildman–Crippen LogP) is 2.06. The summed E-state index contributed by atoms with van der Waals surface area (Å²) in [6, 6.07) is 0.0922. The van der Waals surface area contributed by atoms with Crippen LogP contribution in [0.4, 0.5) is 13.2 Å². The van der Waals surface area contributed by atoms with E-state index in [1.807, 2.05) is 0 Å². The van der Waals surface area contributed by atoms with E-state index in [4.69, 9.17) is 4.74 Å². The van der Waals surface area contributed by atoms with Crippen LogP contribution in [0.1, 0.15) is 56.9 Å². The number of halogens is 3. The molecule has 28 heavy (non-hydrogen) atoms. The third kappa shape index (κ3) is 3.97. The fourth-order valence-corrected chi connectivity index (χ4v) is 3.25. The number of aromatic nitrogens is 5. The molecule has 0 bridgehead atoms. The summed E-state index contributed by atoms with van der Waals surface area (Å²) < 4.78 is 47.3. The average molecular weight is 401 g/mol. The Hall–Kier alpha value is -2.59. The van der Waals surface area contributed by atoms with Crippen molar-refractivity contribution in [1.82, 2.24) is 24.1 Å². The van der Waals surface area contributed by atoms with Crippen molar-refractivity contribution >= 4 is 5.97 Å². The molecule has 0 saturated heterocycles. The molecule has 0 aromatic carbocycles. The SMILES string of the molecule is Cn1nc(Cn2nc3n(c2=O)[C@H](C(=O)OC(C)(C)C)CCC3)cc1C(F)(F)F. The maximum atomic E-state index is 12.9. The van der Waals surface area contributed by atoms with Crippen LogP contribution in [0.3, 0.4) is 0 Å². The second-order valence-corrected chi connectivity index (χ2v) is 7.81. The summed E-state index contributed by atoms with van der Waals surface area (Å²) in [7, 11) is 1.19. The maximum absolute atomic E-state index is 12.9. The Labute approximate surface area is 158 Å². The summed E-state index contributed by atoms with van der Waals surface area (Å²) in [6.07, 6.45) is -2.95. The van der Waals surface area contributed by atoms with Crippen molar-refractivity contribution in [2.24, 2.45) is 7.05 Å². The van der Waals surface area contributed by atoms with Crippen LogP contribution in [0, 0.1) is 0 Å². The van der Waals surface area contributed by atoms with Crippen molar-refractivity contribution in [3.05, 3.63) is 33.8 Å². The summed E-state index contributed by atoms with van der Waals surface area (Å²) in [5.41, 5.74) is -2.12. The van der Waals surface area contributed by atoms with E-state index in [-0.39, 0.29) is 12.2 Å². The van der Waals surface area contributed by atoms with Crippen molar-refractivity contribution in [3.63, 3.8) is 0 Å². The lowest BCUT2D eigenvalue weighted by atomic mass is 10.0. The van der Waals surface area contributed by atoms with Gasteiger partial charge in [-0.2, -0.15) is 23.4 Å². The third-order valence-electron chi connectivity index (χ3n) is 4.34. The van der Waals surface area contributed by atoms with Gasteiger partial charge in [0.15, 0.2) is 0 Å². The quantitative estimate of drug-likeness (QED) is 0.736. The summed E-state index contributed by atoms with van der Waals surface area (Å²) >= 11 is 0. The van der Waals surface area contributed by atoms with Gasteiger partial charge in [0.25, 0.3) is 0 Å². The zero-order chi connectivity index (χ0) is 20.9. The first-order chi connectivity index (χ1) is 12.9. The van der Waals surface area contributed by atoms with Crippen LogP contribution >= 0.6 is 0 Å². The van der Waals surface area contributed by atoms with Gasteiger partial charge in [-0.25, -0.2) is 14.3 Å². The third-order valence-corrected chi connectivity index (χ3v) is 4.34. The summed E-state index contributed by atoms with van der Waals surface area (Å²) in [6.45, 7) is 4.99. The number of alkyl halides is 3. The zero-order valence-electron chi connectivity index (χ0n) is 16.1. The fraction of sp³-hybridized carbons (Fsp3) is 0.647. The number of hydrogen-bond acceptors (Lipinski definition) is 5. The number of carbonyl (C=O) groups is 1. The molecule has 2 aromatic heterocycles. The standard InChI is InChI=1S/C17H22F3N5O3/c1-16(2,3)28-14(26)11-6-5-7-13-22-24(15(27)25(11)13)9-10-8-12(17(18,19)20)23(4)21-10/h8,11H,5-7,9H2,1-4H3/t11-/m0/s1. The monoisotopic (exact) mass is 401 g/mol. The van der Waals surface area contributed by atoms with Crippen molar-refractivity contribution < 1.29 is 22.7 Å². The number of carbonyl (C=O) groups excluding carboxylic acids is 1.